The third-order valence-electron chi connectivity index (χ3n) is 7.21. The lowest BCUT2D eigenvalue weighted by Crippen LogP contribution is -2.57. The maximum absolute atomic E-state index is 13.0. The molecule has 3 amide bonds. The van der Waals surface area contributed by atoms with Gasteiger partial charge in [0, 0.05) is 48.6 Å². The van der Waals surface area contributed by atoms with E-state index in [1.54, 1.807) is 4.90 Å². The number of anilines is 1. The Morgan fingerprint density at radius 3 is 2.52 bits per heavy atom. The van der Waals surface area contributed by atoms with Gasteiger partial charge in [0.2, 0.25) is 11.8 Å². The largest absolute Gasteiger partial charge is 0.370 e. The highest BCUT2D eigenvalue weighted by atomic mass is 16.2. The molecular weight excluding hydrogens is 370 g/mol. The van der Waals surface area contributed by atoms with E-state index in [1.807, 2.05) is 12.1 Å². The van der Waals surface area contributed by atoms with Crippen LogP contribution in [0.4, 0.5) is 5.69 Å². The van der Waals surface area contributed by atoms with Crippen LogP contribution in [-0.4, -0.2) is 48.0 Å². The van der Waals surface area contributed by atoms with Crippen molar-refractivity contribution in [3.05, 3.63) is 29.3 Å². The molecule has 1 saturated carbocycles. The number of fused-ring (bicyclic) bond motifs is 1. The Bertz CT molecular complexity index is 895. The van der Waals surface area contributed by atoms with E-state index in [9.17, 15) is 19.2 Å². The molecule has 1 aromatic rings. The molecule has 4 aliphatic rings. The lowest BCUT2D eigenvalue weighted by molar-refractivity contribution is -0.136. The highest BCUT2D eigenvalue weighted by Crippen LogP contribution is 2.47. The van der Waals surface area contributed by atoms with Crippen molar-refractivity contribution < 1.29 is 19.2 Å². The molecule has 3 heterocycles. The van der Waals surface area contributed by atoms with Crippen LogP contribution in [0.2, 0.25) is 0 Å². The molecule has 152 valence electrons. The number of imide groups is 1. The van der Waals surface area contributed by atoms with Gasteiger partial charge < -0.3 is 14.6 Å². The van der Waals surface area contributed by atoms with Crippen molar-refractivity contribution in [2.45, 2.75) is 51.1 Å². The van der Waals surface area contributed by atoms with E-state index < -0.39 is 6.04 Å². The standard InChI is InChI=1S/C22H25N3O4/c26-11-14-5-7-22(8-6-14)12-24(13-22)16-2-1-15-10-25(21(29)17(15)9-16)18-3-4-19(27)23-20(18)28/h1-2,9,11,14,18H,3-8,10,12-13H2,(H,23,27,28). The molecule has 0 bridgehead atoms. The van der Waals surface area contributed by atoms with E-state index in [0.717, 1.165) is 56.3 Å². The fraction of sp³-hybridized carbons (Fsp3) is 0.545. The number of amides is 3. The summed E-state index contributed by atoms with van der Waals surface area (Å²) in [4.78, 5) is 51.4. The second-order valence-electron chi connectivity index (χ2n) is 9.07. The van der Waals surface area contributed by atoms with Gasteiger partial charge in [-0.3, -0.25) is 19.7 Å². The summed E-state index contributed by atoms with van der Waals surface area (Å²) in [5.74, 6) is -0.548. The van der Waals surface area contributed by atoms with Crippen LogP contribution in [0, 0.1) is 11.3 Å². The number of carbonyl (C=O) groups is 4. The molecule has 7 heteroatoms. The van der Waals surface area contributed by atoms with Crippen molar-refractivity contribution in [3.8, 4) is 0 Å². The zero-order valence-electron chi connectivity index (χ0n) is 16.4. The van der Waals surface area contributed by atoms with Gasteiger partial charge in [0.05, 0.1) is 0 Å². The van der Waals surface area contributed by atoms with Crippen molar-refractivity contribution in [1.82, 2.24) is 10.2 Å². The van der Waals surface area contributed by atoms with Crippen molar-refractivity contribution >= 4 is 29.7 Å². The first-order chi connectivity index (χ1) is 14.0. The molecule has 7 nitrogen and oxygen atoms in total. The van der Waals surface area contributed by atoms with Crippen molar-refractivity contribution in [2.75, 3.05) is 18.0 Å². The van der Waals surface area contributed by atoms with Gasteiger partial charge >= 0.3 is 0 Å². The monoisotopic (exact) mass is 395 g/mol. The van der Waals surface area contributed by atoms with Crippen molar-refractivity contribution in [1.29, 1.82) is 0 Å². The Hall–Kier alpha value is -2.70. The average Bonchev–Trinajstić information content (AvgIpc) is 3.02. The molecule has 0 aromatic heterocycles. The fourth-order valence-electron chi connectivity index (χ4n) is 5.39. The number of benzene rings is 1. The van der Waals surface area contributed by atoms with E-state index in [1.165, 1.54) is 0 Å². The van der Waals surface area contributed by atoms with Crippen LogP contribution < -0.4 is 10.2 Å². The summed E-state index contributed by atoms with van der Waals surface area (Å²) in [6, 6.07) is 5.43. The van der Waals surface area contributed by atoms with E-state index in [2.05, 4.69) is 16.3 Å². The highest BCUT2D eigenvalue weighted by Gasteiger charge is 2.46. The lowest BCUT2D eigenvalue weighted by atomic mass is 9.66. The van der Waals surface area contributed by atoms with Crippen molar-refractivity contribution in [3.63, 3.8) is 0 Å². The van der Waals surface area contributed by atoms with Gasteiger partial charge in [-0.15, -0.1) is 0 Å². The summed E-state index contributed by atoms with van der Waals surface area (Å²) in [5, 5.41) is 2.34. The average molecular weight is 395 g/mol. The number of aldehydes is 1. The molecule has 1 atom stereocenters. The second-order valence-corrected chi connectivity index (χ2v) is 9.07. The molecule has 1 N–H and O–H groups in total. The van der Waals surface area contributed by atoms with E-state index >= 15 is 0 Å². The third-order valence-corrected chi connectivity index (χ3v) is 7.21. The minimum atomic E-state index is -0.573. The number of rotatable bonds is 3. The summed E-state index contributed by atoms with van der Waals surface area (Å²) in [6.07, 6.45) is 5.92. The molecular formula is C22H25N3O4. The summed E-state index contributed by atoms with van der Waals surface area (Å²) >= 11 is 0. The maximum Gasteiger partial charge on any atom is 0.255 e. The maximum atomic E-state index is 13.0. The van der Waals surface area contributed by atoms with Crippen LogP contribution in [0.5, 0.6) is 0 Å². The molecule has 3 aliphatic heterocycles. The Balaban J connectivity index is 1.27. The minimum Gasteiger partial charge on any atom is -0.370 e. The number of hydrogen-bond acceptors (Lipinski definition) is 5. The number of carbonyl (C=O) groups excluding carboxylic acids is 4. The molecule has 3 fully saturated rings. The normalized spacial score (nSPS) is 26.3. The molecule has 0 radical (unpaired) electrons. The SMILES string of the molecule is O=CC1CCC2(CC1)CN(c1ccc3c(c1)C(=O)N(C1CCC(=O)NC1=O)C3)C2. The summed E-state index contributed by atoms with van der Waals surface area (Å²) < 4.78 is 0. The Kier molecular flexibility index (Phi) is 4.22. The second kappa shape index (κ2) is 6.68. The Morgan fingerprint density at radius 2 is 1.83 bits per heavy atom. The van der Waals surface area contributed by atoms with Gasteiger partial charge in [-0.25, -0.2) is 0 Å². The van der Waals surface area contributed by atoms with Gasteiger partial charge in [0.15, 0.2) is 0 Å². The van der Waals surface area contributed by atoms with Crippen LogP contribution in [0.15, 0.2) is 18.2 Å². The zero-order valence-corrected chi connectivity index (χ0v) is 16.4. The minimum absolute atomic E-state index is 0.127. The van der Waals surface area contributed by atoms with Gasteiger partial charge in [0.25, 0.3) is 5.91 Å². The van der Waals surface area contributed by atoms with Crippen LogP contribution in [-0.2, 0) is 20.9 Å². The predicted molar refractivity (Wildman–Crippen MR) is 105 cm³/mol. The zero-order chi connectivity index (χ0) is 20.2. The number of nitrogens with zero attached hydrogens (tertiary/aromatic N) is 2. The fourth-order valence-corrected chi connectivity index (χ4v) is 5.39. The highest BCUT2D eigenvalue weighted by molar-refractivity contribution is 6.05. The van der Waals surface area contributed by atoms with Gasteiger partial charge in [-0.1, -0.05) is 6.07 Å². The molecule has 2 saturated heterocycles. The van der Waals surface area contributed by atoms with E-state index in [-0.39, 0.29) is 30.1 Å². The molecule has 5 rings (SSSR count). The third kappa shape index (κ3) is 3.03. The quantitative estimate of drug-likeness (QED) is 0.621. The molecule has 1 spiro atoms. The van der Waals surface area contributed by atoms with Crippen LogP contribution in [0.3, 0.4) is 0 Å². The van der Waals surface area contributed by atoms with Crippen LogP contribution in [0.1, 0.15) is 54.4 Å². The van der Waals surface area contributed by atoms with Gasteiger partial charge in [-0.2, -0.15) is 0 Å². The molecule has 1 unspecified atom stereocenters. The summed E-state index contributed by atoms with van der Waals surface area (Å²) in [5.41, 5.74) is 2.97. The summed E-state index contributed by atoms with van der Waals surface area (Å²) in [7, 11) is 0. The van der Waals surface area contributed by atoms with Gasteiger partial charge in [-0.05, 0) is 49.8 Å². The van der Waals surface area contributed by atoms with Gasteiger partial charge in [0.1, 0.15) is 12.3 Å². The van der Waals surface area contributed by atoms with Crippen molar-refractivity contribution in [2.24, 2.45) is 11.3 Å². The van der Waals surface area contributed by atoms with E-state index in [4.69, 9.17) is 0 Å². The van der Waals surface area contributed by atoms with Crippen LogP contribution >= 0.6 is 0 Å². The predicted octanol–water partition coefficient (Wildman–Crippen LogP) is 1.64. The number of nitrogens with one attached hydrogen (secondary N) is 1. The smallest absolute Gasteiger partial charge is 0.255 e. The summed E-state index contributed by atoms with van der Waals surface area (Å²) in [6.45, 7) is 2.36. The first-order valence-electron chi connectivity index (χ1n) is 10.5. The van der Waals surface area contributed by atoms with Crippen LogP contribution in [0.25, 0.3) is 0 Å². The molecule has 1 aliphatic carbocycles. The topological polar surface area (TPSA) is 86.8 Å². The molecule has 1 aromatic carbocycles. The Labute approximate surface area is 169 Å². The lowest BCUT2D eigenvalue weighted by Gasteiger charge is -2.54. The van der Waals surface area contributed by atoms with E-state index in [0.29, 0.717) is 23.9 Å². The molecule has 29 heavy (non-hydrogen) atoms. The number of hydrogen-bond donors (Lipinski definition) is 1. The number of piperidine rings is 1. The Morgan fingerprint density at radius 1 is 1.07 bits per heavy atom. The first kappa shape index (κ1) is 18.3. The first-order valence-corrected chi connectivity index (χ1v) is 10.5.